The number of carbonyl (C=O) groups excluding carboxylic acids is 1. The number of unbranched alkanes of at least 4 members (excludes halogenated alkanes) is 1. The zero-order valence-corrected chi connectivity index (χ0v) is 7.80. The van der Waals surface area contributed by atoms with Crippen molar-refractivity contribution in [1.82, 2.24) is 0 Å². The van der Waals surface area contributed by atoms with Gasteiger partial charge in [0.1, 0.15) is 0 Å². The van der Waals surface area contributed by atoms with Gasteiger partial charge in [0.15, 0.2) is 5.12 Å². The van der Waals surface area contributed by atoms with Crippen molar-refractivity contribution in [3.8, 4) is 0 Å². The summed E-state index contributed by atoms with van der Waals surface area (Å²) in [6.45, 7) is 1.89. The van der Waals surface area contributed by atoms with Gasteiger partial charge < -0.3 is 0 Å². The van der Waals surface area contributed by atoms with Crippen molar-refractivity contribution >= 4 is 28.5 Å². The second-order valence-corrected chi connectivity index (χ2v) is 3.50. The summed E-state index contributed by atoms with van der Waals surface area (Å²) in [6, 6.07) is 0. The summed E-state index contributed by atoms with van der Waals surface area (Å²) in [5.74, 6) is 1.64. The van der Waals surface area contributed by atoms with Crippen LogP contribution < -0.4 is 0 Å². The summed E-state index contributed by atoms with van der Waals surface area (Å²) in [5, 5.41) is 0.287. The molecule has 0 aliphatic heterocycles. The van der Waals surface area contributed by atoms with Crippen molar-refractivity contribution in [2.24, 2.45) is 0 Å². The number of rotatable bonds is 5. The van der Waals surface area contributed by atoms with E-state index in [0.717, 1.165) is 18.6 Å². The van der Waals surface area contributed by atoms with E-state index < -0.39 is 0 Å². The maximum atomic E-state index is 10.7. The number of thioether (sulfide) groups is 1. The summed E-state index contributed by atoms with van der Waals surface area (Å²) in [6.07, 6.45) is 2.72. The van der Waals surface area contributed by atoms with Crippen LogP contribution in [0.2, 0.25) is 0 Å². The van der Waals surface area contributed by atoms with Gasteiger partial charge in [-0.1, -0.05) is 18.7 Å². The Morgan fingerprint density at radius 3 is 2.70 bits per heavy atom. The average Bonchev–Trinajstić information content (AvgIpc) is 1.98. The van der Waals surface area contributed by atoms with Crippen LogP contribution in [-0.2, 0) is 4.79 Å². The number of hydrogen-bond acceptors (Lipinski definition) is 2. The van der Waals surface area contributed by atoms with E-state index in [1.807, 2.05) is 6.92 Å². The second-order valence-electron chi connectivity index (χ2n) is 1.97. The van der Waals surface area contributed by atoms with Gasteiger partial charge in [-0.2, -0.15) is 0 Å². The Morgan fingerprint density at radius 2 is 2.20 bits per heavy atom. The van der Waals surface area contributed by atoms with Gasteiger partial charge in [-0.25, -0.2) is 0 Å². The summed E-state index contributed by atoms with van der Waals surface area (Å²) in [4.78, 5) is 10.7. The molecule has 0 spiro atoms. The molecule has 0 heterocycles. The van der Waals surface area contributed by atoms with E-state index >= 15 is 0 Å². The molecule has 0 aromatic rings. The number of hydrogen-bond donors (Lipinski definition) is 0. The first-order chi connectivity index (χ1) is 4.81. The fourth-order valence-corrected chi connectivity index (χ4v) is 1.45. The van der Waals surface area contributed by atoms with Crippen LogP contribution in [0.25, 0.3) is 0 Å². The minimum absolute atomic E-state index is 0.287. The Hall–Kier alpha value is 0.310. The van der Waals surface area contributed by atoms with Gasteiger partial charge in [0, 0.05) is 18.1 Å². The largest absolute Gasteiger partial charge is 0.287 e. The van der Waals surface area contributed by atoms with E-state index in [-0.39, 0.29) is 5.12 Å². The average molecular weight is 181 g/mol. The Kier molecular flexibility index (Phi) is 7.65. The van der Waals surface area contributed by atoms with Crippen LogP contribution in [0, 0.1) is 0 Å². The third kappa shape index (κ3) is 6.43. The minimum Gasteiger partial charge on any atom is -0.287 e. The molecular weight excluding hydrogens is 168 g/mol. The summed E-state index contributed by atoms with van der Waals surface area (Å²) in [7, 11) is 0. The molecule has 0 amide bonds. The lowest BCUT2D eigenvalue weighted by Gasteiger charge is -1.95. The highest BCUT2D eigenvalue weighted by atomic mass is 35.5. The van der Waals surface area contributed by atoms with Crippen LogP contribution in [0.4, 0.5) is 0 Å². The molecule has 0 saturated carbocycles. The molecule has 0 radical (unpaired) electrons. The third-order valence-corrected chi connectivity index (χ3v) is 2.45. The van der Waals surface area contributed by atoms with Crippen molar-refractivity contribution in [2.45, 2.75) is 26.2 Å². The van der Waals surface area contributed by atoms with Gasteiger partial charge in [0.25, 0.3) is 0 Å². The predicted octanol–water partition coefficient (Wildman–Crippen LogP) is 2.68. The smallest absolute Gasteiger partial charge is 0.188 e. The Balaban J connectivity index is 2.96. The highest BCUT2D eigenvalue weighted by molar-refractivity contribution is 8.13. The fraction of sp³-hybridized carbons (Fsp3) is 0.857. The van der Waals surface area contributed by atoms with Crippen molar-refractivity contribution in [1.29, 1.82) is 0 Å². The van der Waals surface area contributed by atoms with Crippen LogP contribution in [0.5, 0.6) is 0 Å². The topological polar surface area (TPSA) is 17.1 Å². The molecule has 0 N–H and O–H groups in total. The van der Waals surface area contributed by atoms with E-state index in [1.54, 1.807) is 0 Å². The lowest BCUT2D eigenvalue weighted by atomic mass is 10.4. The molecule has 0 fully saturated rings. The molecule has 0 atom stereocenters. The van der Waals surface area contributed by atoms with Gasteiger partial charge in [0.05, 0.1) is 0 Å². The quantitative estimate of drug-likeness (QED) is 0.478. The Bertz CT molecular complexity index is 95.6. The third-order valence-electron chi connectivity index (χ3n) is 1.08. The van der Waals surface area contributed by atoms with E-state index in [9.17, 15) is 4.79 Å². The first-order valence-corrected chi connectivity index (χ1v) is 5.04. The SMILES string of the molecule is CCC(=O)SCCCCCl. The molecule has 0 aromatic heterocycles. The summed E-state index contributed by atoms with van der Waals surface area (Å²) < 4.78 is 0. The van der Waals surface area contributed by atoms with Gasteiger partial charge in [-0.15, -0.1) is 11.6 Å². The monoisotopic (exact) mass is 180 g/mol. The lowest BCUT2D eigenvalue weighted by Crippen LogP contribution is -1.90. The van der Waals surface area contributed by atoms with Crippen LogP contribution in [0.3, 0.4) is 0 Å². The zero-order valence-electron chi connectivity index (χ0n) is 6.23. The summed E-state index contributed by atoms with van der Waals surface area (Å²) in [5.41, 5.74) is 0. The van der Waals surface area contributed by atoms with Crippen LogP contribution in [0.1, 0.15) is 26.2 Å². The number of carbonyl (C=O) groups is 1. The summed E-state index contributed by atoms with van der Waals surface area (Å²) >= 11 is 6.88. The maximum absolute atomic E-state index is 10.7. The molecule has 1 nitrogen and oxygen atoms in total. The maximum Gasteiger partial charge on any atom is 0.188 e. The van der Waals surface area contributed by atoms with E-state index in [4.69, 9.17) is 11.6 Å². The van der Waals surface area contributed by atoms with Crippen molar-refractivity contribution in [3.63, 3.8) is 0 Å². The van der Waals surface area contributed by atoms with Crippen molar-refractivity contribution in [2.75, 3.05) is 11.6 Å². The molecule has 0 aromatic carbocycles. The molecule has 0 aliphatic rings. The normalized spacial score (nSPS) is 9.80. The highest BCUT2D eigenvalue weighted by Crippen LogP contribution is 2.08. The molecule has 60 valence electrons. The standard InChI is InChI=1S/C7H13ClOS/c1-2-7(9)10-6-4-3-5-8/h2-6H2,1H3. The highest BCUT2D eigenvalue weighted by Gasteiger charge is 1.96. The fourth-order valence-electron chi connectivity index (χ4n) is 0.485. The van der Waals surface area contributed by atoms with E-state index in [0.29, 0.717) is 12.3 Å². The second kappa shape index (κ2) is 7.42. The van der Waals surface area contributed by atoms with Crippen molar-refractivity contribution < 1.29 is 4.79 Å². The Morgan fingerprint density at radius 1 is 1.50 bits per heavy atom. The number of alkyl halides is 1. The first kappa shape index (κ1) is 10.3. The van der Waals surface area contributed by atoms with Gasteiger partial charge in [-0.3, -0.25) is 4.79 Å². The zero-order chi connectivity index (χ0) is 7.82. The van der Waals surface area contributed by atoms with Crippen LogP contribution >= 0.6 is 23.4 Å². The van der Waals surface area contributed by atoms with E-state index in [1.165, 1.54) is 11.8 Å². The van der Waals surface area contributed by atoms with Gasteiger partial charge in [-0.05, 0) is 12.8 Å². The van der Waals surface area contributed by atoms with Crippen molar-refractivity contribution in [3.05, 3.63) is 0 Å². The first-order valence-electron chi connectivity index (χ1n) is 3.52. The Labute approximate surface area is 71.5 Å². The minimum atomic E-state index is 0.287. The van der Waals surface area contributed by atoms with Crippen LogP contribution in [-0.4, -0.2) is 16.7 Å². The molecular formula is C7H13ClOS. The molecule has 0 aliphatic carbocycles. The molecule has 0 bridgehead atoms. The van der Waals surface area contributed by atoms with E-state index in [2.05, 4.69) is 0 Å². The van der Waals surface area contributed by atoms with Gasteiger partial charge in [0.2, 0.25) is 0 Å². The molecule has 3 heteroatoms. The molecule has 10 heavy (non-hydrogen) atoms. The lowest BCUT2D eigenvalue weighted by molar-refractivity contribution is -0.110. The molecule has 0 saturated heterocycles. The predicted molar refractivity (Wildman–Crippen MR) is 47.7 cm³/mol. The number of halogens is 1. The molecule has 0 rings (SSSR count). The molecule has 0 unspecified atom stereocenters. The van der Waals surface area contributed by atoms with Gasteiger partial charge >= 0.3 is 0 Å². The van der Waals surface area contributed by atoms with Crippen LogP contribution in [0.15, 0.2) is 0 Å².